The molecule has 0 aliphatic carbocycles. The second-order valence-electron chi connectivity index (χ2n) is 6.54. The van der Waals surface area contributed by atoms with Crippen LogP contribution in [0.2, 0.25) is 0 Å². The van der Waals surface area contributed by atoms with Gasteiger partial charge in [0.1, 0.15) is 6.61 Å². The SMILES string of the molecule is Cl.Cl.O=C(CCC1CCNCC1)Nc1ccc(OCc2ccccn2)c(F)c1. The summed E-state index contributed by atoms with van der Waals surface area (Å²) in [6.45, 7) is 2.24. The van der Waals surface area contributed by atoms with Crippen molar-refractivity contribution in [2.24, 2.45) is 5.92 Å². The molecule has 1 aromatic carbocycles. The first-order valence-electron chi connectivity index (χ1n) is 9.03. The molecule has 2 heterocycles. The minimum absolute atomic E-state index is 0. The molecule has 0 atom stereocenters. The van der Waals surface area contributed by atoms with Crippen LogP contribution in [-0.4, -0.2) is 24.0 Å². The molecular formula is C20H26Cl2FN3O2. The number of rotatable bonds is 7. The Hall–Kier alpha value is -1.89. The van der Waals surface area contributed by atoms with Gasteiger partial charge in [-0.2, -0.15) is 0 Å². The van der Waals surface area contributed by atoms with Crippen molar-refractivity contribution in [1.29, 1.82) is 0 Å². The van der Waals surface area contributed by atoms with Crippen LogP contribution in [0.4, 0.5) is 10.1 Å². The van der Waals surface area contributed by atoms with Crippen LogP contribution in [0.5, 0.6) is 5.75 Å². The van der Waals surface area contributed by atoms with Crippen molar-refractivity contribution in [2.45, 2.75) is 32.3 Å². The topological polar surface area (TPSA) is 63.2 Å². The van der Waals surface area contributed by atoms with Gasteiger partial charge in [-0.1, -0.05) is 6.07 Å². The summed E-state index contributed by atoms with van der Waals surface area (Å²) in [7, 11) is 0. The van der Waals surface area contributed by atoms with Crippen molar-refractivity contribution in [3.05, 3.63) is 54.1 Å². The van der Waals surface area contributed by atoms with Gasteiger partial charge in [-0.25, -0.2) is 4.39 Å². The van der Waals surface area contributed by atoms with Gasteiger partial charge in [0.15, 0.2) is 11.6 Å². The molecule has 1 saturated heterocycles. The summed E-state index contributed by atoms with van der Waals surface area (Å²) < 4.78 is 19.6. The number of hydrogen-bond donors (Lipinski definition) is 2. The number of nitrogens with one attached hydrogen (secondary N) is 2. The molecule has 2 N–H and O–H groups in total. The van der Waals surface area contributed by atoms with Gasteiger partial charge < -0.3 is 15.4 Å². The second-order valence-corrected chi connectivity index (χ2v) is 6.54. The van der Waals surface area contributed by atoms with Crippen LogP contribution >= 0.6 is 24.8 Å². The van der Waals surface area contributed by atoms with Gasteiger partial charge in [0.25, 0.3) is 0 Å². The molecule has 5 nitrogen and oxygen atoms in total. The Balaban J connectivity index is 0.00000196. The Labute approximate surface area is 177 Å². The molecular weight excluding hydrogens is 404 g/mol. The second kappa shape index (κ2) is 12.5. The van der Waals surface area contributed by atoms with Crippen LogP contribution in [0.3, 0.4) is 0 Å². The quantitative estimate of drug-likeness (QED) is 0.685. The highest BCUT2D eigenvalue weighted by molar-refractivity contribution is 5.90. The molecule has 1 fully saturated rings. The number of anilines is 1. The largest absolute Gasteiger partial charge is 0.484 e. The average Bonchev–Trinajstić information content (AvgIpc) is 2.67. The average molecular weight is 430 g/mol. The number of hydrogen-bond acceptors (Lipinski definition) is 4. The number of carbonyl (C=O) groups is 1. The van der Waals surface area contributed by atoms with E-state index in [4.69, 9.17) is 4.74 Å². The highest BCUT2D eigenvalue weighted by atomic mass is 35.5. The van der Waals surface area contributed by atoms with E-state index in [1.165, 1.54) is 12.1 Å². The molecule has 0 bridgehead atoms. The normalized spacial score (nSPS) is 13.8. The van der Waals surface area contributed by atoms with Crippen molar-refractivity contribution in [1.82, 2.24) is 10.3 Å². The minimum atomic E-state index is -0.503. The van der Waals surface area contributed by atoms with Gasteiger partial charge >= 0.3 is 0 Å². The summed E-state index contributed by atoms with van der Waals surface area (Å²) in [5.74, 6) is 0.159. The van der Waals surface area contributed by atoms with Crippen LogP contribution in [0, 0.1) is 11.7 Å². The van der Waals surface area contributed by atoms with E-state index < -0.39 is 5.82 Å². The maximum Gasteiger partial charge on any atom is 0.224 e. The van der Waals surface area contributed by atoms with E-state index >= 15 is 0 Å². The van der Waals surface area contributed by atoms with Gasteiger partial charge in [-0.3, -0.25) is 9.78 Å². The molecule has 3 rings (SSSR count). The number of piperidine rings is 1. The molecule has 2 aromatic rings. The highest BCUT2D eigenvalue weighted by Crippen LogP contribution is 2.23. The van der Waals surface area contributed by atoms with E-state index in [1.807, 2.05) is 18.2 Å². The minimum Gasteiger partial charge on any atom is -0.484 e. The zero-order valence-electron chi connectivity index (χ0n) is 15.5. The van der Waals surface area contributed by atoms with Crippen molar-refractivity contribution in [3.8, 4) is 5.75 Å². The van der Waals surface area contributed by atoms with Gasteiger partial charge in [0.05, 0.1) is 5.69 Å². The van der Waals surface area contributed by atoms with Crippen molar-refractivity contribution >= 4 is 36.4 Å². The van der Waals surface area contributed by atoms with Gasteiger partial charge in [-0.15, -0.1) is 24.8 Å². The first-order valence-corrected chi connectivity index (χ1v) is 9.03. The standard InChI is InChI=1S/C20H24FN3O2.2ClH/c21-18-13-16(24-20(25)7-4-15-8-11-22-12-9-15)5-6-19(18)26-14-17-3-1-2-10-23-17;;/h1-3,5-6,10,13,15,22H,4,7-9,11-12,14H2,(H,24,25);2*1H. The van der Waals surface area contributed by atoms with E-state index in [0.29, 0.717) is 18.0 Å². The summed E-state index contributed by atoms with van der Waals surface area (Å²) >= 11 is 0. The Morgan fingerprint density at radius 3 is 2.68 bits per heavy atom. The molecule has 8 heteroatoms. The molecule has 1 amide bonds. The molecule has 0 saturated carbocycles. The Bertz CT molecular complexity index is 729. The smallest absolute Gasteiger partial charge is 0.224 e. The molecule has 1 aromatic heterocycles. The highest BCUT2D eigenvalue weighted by Gasteiger charge is 2.15. The fourth-order valence-electron chi connectivity index (χ4n) is 3.06. The number of ether oxygens (including phenoxy) is 1. The fraction of sp³-hybridized carbons (Fsp3) is 0.400. The van der Waals surface area contributed by atoms with E-state index in [1.54, 1.807) is 12.3 Å². The summed E-state index contributed by atoms with van der Waals surface area (Å²) in [5, 5.41) is 6.08. The van der Waals surface area contributed by atoms with Crippen molar-refractivity contribution in [2.75, 3.05) is 18.4 Å². The van der Waals surface area contributed by atoms with Crippen LogP contribution in [0.15, 0.2) is 42.6 Å². The molecule has 154 valence electrons. The lowest BCUT2D eigenvalue weighted by Crippen LogP contribution is -2.28. The molecule has 1 aliphatic rings. The molecule has 28 heavy (non-hydrogen) atoms. The summed E-state index contributed by atoms with van der Waals surface area (Å²) in [6, 6.07) is 9.95. The van der Waals surface area contributed by atoms with Gasteiger partial charge in [0, 0.05) is 24.4 Å². The third-order valence-corrected chi connectivity index (χ3v) is 4.56. The lowest BCUT2D eigenvalue weighted by atomic mass is 9.93. The fourth-order valence-corrected chi connectivity index (χ4v) is 3.06. The Kier molecular flexibility index (Phi) is 10.8. The predicted octanol–water partition coefficient (Wildman–Crippen LogP) is 4.36. The zero-order valence-corrected chi connectivity index (χ0v) is 17.2. The zero-order chi connectivity index (χ0) is 18.2. The molecule has 1 aliphatic heterocycles. The van der Waals surface area contributed by atoms with Crippen LogP contribution in [0.25, 0.3) is 0 Å². The maximum absolute atomic E-state index is 14.2. The third-order valence-electron chi connectivity index (χ3n) is 4.56. The summed E-state index contributed by atoms with van der Waals surface area (Å²) in [5.41, 5.74) is 1.17. The lowest BCUT2D eigenvalue weighted by molar-refractivity contribution is -0.116. The monoisotopic (exact) mass is 429 g/mol. The number of nitrogens with zero attached hydrogens (tertiary/aromatic N) is 1. The van der Waals surface area contributed by atoms with E-state index in [9.17, 15) is 9.18 Å². The number of pyridine rings is 1. The van der Waals surface area contributed by atoms with Crippen molar-refractivity contribution < 1.29 is 13.9 Å². The number of aromatic nitrogens is 1. The van der Waals surface area contributed by atoms with E-state index in [2.05, 4.69) is 15.6 Å². The predicted molar refractivity (Wildman–Crippen MR) is 113 cm³/mol. The molecule has 0 radical (unpaired) electrons. The Morgan fingerprint density at radius 1 is 1.21 bits per heavy atom. The number of carbonyl (C=O) groups excluding carboxylic acids is 1. The third kappa shape index (κ3) is 7.62. The van der Waals surface area contributed by atoms with Gasteiger partial charge in [0.2, 0.25) is 5.91 Å². The Morgan fingerprint density at radius 2 is 2.00 bits per heavy atom. The lowest BCUT2D eigenvalue weighted by Gasteiger charge is -2.22. The van der Waals surface area contributed by atoms with Gasteiger partial charge in [-0.05, 0) is 62.5 Å². The number of benzene rings is 1. The van der Waals surface area contributed by atoms with Crippen LogP contribution in [0.1, 0.15) is 31.4 Å². The van der Waals surface area contributed by atoms with E-state index in [-0.39, 0.29) is 43.1 Å². The van der Waals surface area contributed by atoms with Crippen LogP contribution in [-0.2, 0) is 11.4 Å². The number of halogens is 3. The first kappa shape index (κ1) is 24.1. The summed E-state index contributed by atoms with van der Waals surface area (Å²) in [4.78, 5) is 16.2. The summed E-state index contributed by atoms with van der Waals surface area (Å²) in [6.07, 6.45) is 5.23. The molecule has 0 unspecified atom stereocenters. The number of amides is 1. The van der Waals surface area contributed by atoms with Crippen molar-refractivity contribution in [3.63, 3.8) is 0 Å². The molecule has 0 spiro atoms. The first-order chi connectivity index (χ1) is 12.7. The maximum atomic E-state index is 14.2. The van der Waals surface area contributed by atoms with Crippen LogP contribution < -0.4 is 15.4 Å². The van der Waals surface area contributed by atoms with E-state index in [0.717, 1.165) is 38.0 Å².